The van der Waals surface area contributed by atoms with Gasteiger partial charge in [-0.15, -0.1) is 11.6 Å². The molecule has 0 aliphatic carbocycles. The van der Waals surface area contributed by atoms with Gasteiger partial charge in [-0.05, 0) is 24.1 Å². The topological polar surface area (TPSA) is 69.6 Å². The van der Waals surface area contributed by atoms with E-state index in [1.165, 1.54) is 18.2 Å². The molecule has 94 valence electrons. The van der Waals surface area contributed by atoms with Crippen molar-refractivity contribution in [1.29, 1.82) is 0 Å². The number of nitrogens with one attached hydrogen (secondary N) is 1. The van der Waals surface area contributed by atoms with E-state index in [1.807, 2.05) is 13.8 Å². The number of phenols is 2. The van der Waals surface area contributed by atoms with Crippen LogP contribution in [0.1, 0.15) is 24.2 Å². The highest BCUT2D eigenvalue weighted by Crippen LogP contribution is 2.24. The highest BCUT2D eigenvalue weighted by atomic mass is 35.5. The number of alkyl halides is 1. The molecule has 5 heteroatoms. The van der Waals surface area contributed by atoms with Gasteiger partial charge >= 0.3 is 0 Å². The number of hydrogen-bond acceptors (Lipinski definition) is 3. The molecule has 0 heterocycles. The van der Waals surface area contributed by atoms with Crippen molar-refractivity contribution >= 4 is 17.5 Å². The Morgan fingerprint density at radius 2 is 2.00 bits per heavy atom. The normalized spacial score (nSPS) is 12.5. The standard InChI is InChI=1S/C12H16ClNO3/c1-7(2)9(6-13)14-12(17)8-3-4-10(15)11(16)5-8/h3-5,7,9,15-16H,6H2,1-2H3,(H,14,17). The Kier molecular flexibility index (Phi) is 4.63. The Morgan fingerprint density at radius 3 is 2.47 bits per heavy atom. The summed E-state index contributed by atoms with van der Waals surface area (Å²) in [6, 6.07) is 3.81. The van der Waals surface area contributed by atoms with Crippen LogP contribution in [-0.4, -0.2) is 28.0 Å². The zero-order valence-electron chi connectivity index (χ0n) is 9.77. The summed E-state index contributed by atoms with van der Waals surface area (Å²) < 4.78 is 0. The van der Waals surface area contributed by atoms with Crippen LogP contribution in [0.3, 0.4) is 0 Å². The van der Waals surface area contributed by atoms with Crippen molar-refractivity contribution in [2.45, 2.75) is 19.9 Å². The molecule has 4 nitrogen and oxygen atoms in total. The number of halogens is 1. The van der Waals surface area contributed by atoms with Crippen LogP contribution in [0, 0.1) is 5.92 Å². The van der Waals surface area contributed by atoms with Crippen LogP contribution in [0.5, 0.6) is 11.5 Å². The second-order valence-electron chi connectivity index (χ2n) is 4.18. The number of aromatic hydroxyl groups is 2. The Balaban J connectivity index is 2.79. The van der Waals surface area contributed by atoms with E-state index in [9.17, 15) is 9.90 Å². The summed E-state index contributed by atoms with van der Waals surface area (Å²) in [6.07, 6.45) is 0. The molecule has 0 bridgehead atoms. The van der Waals surface area contributed by atoms with Gasteiger partial charge < -0.3 is 15.5 Å². The van der Waals surface area contributed by atoms with E-state index in [4.69, 9.17) is 16.7 Å². The highest BCUT2D eigenvalue weighted by molar-refractivity contribution is 6.18. The molecular weight excluding hydrogens is 242 g/mol. The summed E-state index contributed by atoms with van der Waals surface area (Å²) >= 11 is 5.75. The van der Waals surface area contributed by atoms with Crippen LogP contribution in [0.25, 0.3) is 0 Å². The number of phenolic OH excluding ortho intramolecular Hbond substituents is 2. The lowest BCUT2D eigenvalue weighted by Gasteiger charge is -2.19. The van der Waals surface area contributed by atoms with Crippen molar-refractivity contribution in [1.82, 2.24) is 5.32 Å². The first-order chi connectivity index (χ1) is 7.95. The van der Waals surface area contributed by atoms with E-state index in [0.29, 0.717) is 5.88 Å². The van der Waals surface area contributed by atoms with Crippen molar-refractivity contribution in [2.24, 2.45) is 5.92 Å². The molecular formula is C12H16ClNO3. The minimum Gasteiger partial charge on any atom is -0.504 e. The zero-order valence-corrected chi connectivity index (χ0v) is 10.5. The van der Waals surface area contributed by atoms with Gasteiger partial charge in [0.15, 0.2) is 11.5 Å². The van der Waals surface area contributed by atoms with Gasteiger partial charge in [-0.25, -0.2) is 0 Å². The SMILES string of the molecule is CC(C)C(CCl)NC(=O)c1ccc(O)c(O)c1. The van der Waals surface area contributed by atoms with Crippen LogP contribution in [0.4, 0.5) is 0 Å². The molecule has 0 radical (unpaired) electrons. The van der Waals surface area contributed by atoms with Crippen LogP contribution in [-0.2, 0) is 0 Å². The fraction of sp³-hybridized carbons (Fsp3) is 0.417. The fourth-order valence-electron chi connectivity index (χ4n) is 1.30. The van der Waals surface area contributed by atoms with E-state index in [2.05, 4.69) is 5.32 Å². The Morgan fingerprint density at radius 1 is 1.35 bits per heavy atom. The molecule has 0 spiro atoms. The van der Waals surface area contributed by atoms with Crippen LogP contribution < -0.4 is 5.32 Å². The first-order valence-electron chi connectivity index (χ1n) is 5.34. The number of hydrogen-bond donors (Lipinski definition) is 3. The largest absolute Gasteiger partial charge is 0.504 e. The fourth-order valence-corrected chi connectivity index (χ4v) is 1.73. The minimum absolute atomic E-state index is 0.125. The zero-order chi connectivity index (χ0) is 13.0. The molecule has 0 aromatic heterocycles. The number of carbonyl (C=O) groups is 1. The van der Waals surface area contributed by atoms with E-state index >= 15 is 0 Å². The maximum Gasteiger partial charge on any atom is 0.251 e. The Bertz CT molecular complexity index is 407. The van der Waals surface area contributed by atoms with Gasteiger partial charge in [0.25, 0.3) is 5.91 Å². The third kappa shape index (κ3) is 3.53. The molecule has 1 aromatic carbocycles. The minimum atomic E-state index is -0.320. The predicted octanol–water partition coefficient (Wildman–Crippen LogP) is 2.09. The van der Waals surface area contributed by atoms with Crippen molar-refractivity contribution in [3.8, 4) is 11.5 Å². The van der Waals surface area contributed by atoms with Crippen LogP contribution >= 0.6 is 11.6 Å². The maximum absolute atomic E-state index is 11.8. The summed E-state index contributed by atoms with van der Waals surface area (Å²) in [6.45, 7) is 3.92. The third-order valence-corrected chi connectivity index (χ3v) is 2.86. The van der Waals surface area contributed by atoms with Crippen LogP contribution in [0.2, 0.25) is 0 Å². The van der Waals surface area contributed by atoms with Gasteiger partial charge in [-0.1, -0.05) is 13.8 Å². The van der Waals surface area contributed by atoms with Gasteiger partial charge in [-0.2, -0.15) is 0 Å². The summed E-state index contributed by atoms with van der Waals surface area (Å²) in [5.74, 6) is -0.334. The maximum atomic E-state index is 11.8. The lowest BCUT2D eigenvalue weighted by molar-refractivity contribution is 0.0930. The summed E-state index contributed by atoms with van der Waals surface area (Å²) in [5, 5.41) is 21.2. The number of carbonyl (C=O) groups excluding carboxylic acids is 1. The van der Waals surface area contributed by atoms with Gasteiger partial charge in [0.05, 0.1) is 0 Å². The molecule has 0 fully saturated rings. The van der Waals surface area contributed by atoms with Crippen molar-refractivity contribution < 1.29 is 15.0 Å². The number of benzene rings is 1. The first kappa shape index (κ1) is 13.6. The number of rotatable bonds is 4. The molecule has 0 saturated heterocycles. The molecule has 1 unspecified atom stereocenters. The van der Waals surface area contributed by atoms with Crippen LogP contribution in [0.15, 0.2) is 18.2 Å². The van der Waals surface area contributed by atoms with E-state index in [1.54, 1.807) is 0 Å². The third-order valence-electron chi connectivity index (χ3n) is 2.53. The van der Waals surface area contributed by atoms with Gasteiger partial charge in [-0.3, -0.25) is 4.79 Å². The monoisotopic (exact) mass is 257 g/mol. The molecule has 0 saturated carbocycles. The molecule has 1 aromatic rings. The van der Waals surface area contributed by atoms with Gasteiger partial charge in [0, 0.05) is 17.5 Å². The quantitative estimate of drug-likeness (QED) is 0.571. The molecule has 3 N–H and O–H groups in total. The predicted molar refractivity (Wildman–Crippen MR) is 66.6 cm³/mol. The van der Waals surface area contributed by atoms with Gasteiger partial charge in [0.1, 0.15) is 0 Å². The Hall–Kier alpha value is -1.42. The second-order valence-corrected chi connectivity index (χ2v) is 4.49. The summed E-state index contributed by atoms with van der Waals surface area (Å²) in [7, 11) is 0. The average Bonchev–Trinajstić information content (AvgIpc) is 2.28. The van der Waals surface area contributed by atoms with Gasteiger partial charge in [0.2, 0.25) is 0 Å². The molecule has 1 rings (SSSR count). The molecule has 1 atom stereocenters. The van der Waals surface area contributed by atoms with Crippen molar-refractivity contribution in [3.05, 3.63) is 23.8 Å². The molecule has 1 amide bonds. The second kappa shape index (κ2) is 5.77. The Labute approximate surface area is 105 Å². The molecule has 0 aliphatic rings. The average molecular weight is 258 g/mol. The van der Waals surface area contributed by atoms with Crippen molar-refractivity contribution in [3.63, 3.8) is 0 Å². The van der Waals surface area contributed by atoms with E-state index in [-0.39, 0.29) is 34.9 Å². The van der Waals surface area contributed by atoms with E-state index < -0.39 is 0 Å². The highest BCUT2D eigenvalue weighted by Gasteiger charge is 2.16. The lowest BCUT2D eigenvalue weighted by Crippen LogP contribution is -2.39. The summed E-state index contributed by atoms with van der Waals surface area (Å²) in [4.78, 5) is 11.8. The van der Waals surface area contributed by atoms with E-state index in [0.717, 1.165) is 0 Å². The molecule has 0 aliphatic heterocycles. The number of amides is 1. The lowest BCUT2D eigenvalue weighted by atomic mass is 10.1. The van der Waals surface area contributed by atoms with Crippen molar-refractivity contribution in [2.75, 3.05) is 5.88 Å². The molecule has 17 heavy (non-hydrogen) atoms. The summed E-state index contributed by atoms with van der Waals surface area (Å²) in [5.41, 5.74) is 0.288. The first-order valence-corrected chi connectivity index (χ1v) is 5.88. The smallest absolute Gasteiger partial charge is 0.251 e.